The van der Waals surface area contributed by atoms with Crippen LogP contribution in [-0.4, -0.2) is 6.04 Å². The van der Waals surface area contributed by atoms with Gasteiger partial charge < -0.3 is 11.1 Å². The molecule has 1 aromatic carbocycles. The molecule has 1 atom stereocenters. The number of anilines is 2. The van der Waals surface area contributed by atoms with Crippen molar-refractivity contribution in [1.82, 2.24) is 0 Å². The molecule has 0 saturated heterocycles. The summed E-state index contributed by atoms with van der Waals surface area (Å²) in [7, 11) is 0. The normalized spacial score (nSPS) is 38.5. The molecular weight excluding hydrogens is 256 g/mol. The van der Waals surface area contributed by atoms with Crippen molar-refractivity contribution in [3.63, 3.8) is 0 Å². The predicted molar refractivity (Wildman–Crippen MR) is 89.3 cm³/mol. The molecule has 2 nitrogen and oxygen atoms in total. The Kier molecular flexibility index (Phi) is 2.99. The first kappa shape index (κ1) is 13.5. The van der Waals surface area contributed by atoms with E-state index in [0.29, 0.717) is 11.5 Å². The fourth-order valence-electron chi connectivity index (χ4n) is 5.89. The number of nitrogen functional groups attached to an aromatic ring is 1. The molecule has 0 aromatic heterocycles. The van der Waals surface area contributed by atoms with Gasteiger partial charge in [0.25, 0.3) is 0 Å². The highest BCUT2D eigenvalue weighted by molar-refractivity contribution is 5.67. The van der Waals surface area contributed by atoms with Crippen LogP contribution in [0.3, 0.4) is 0 Å². The summed E-state index contributed by atoms with van der Waals surface area (Å²) in [5, 5.41) is 3.78. The summed E-state index contributed by atoms with van der Waals surface area (Å²) in [5.74, 6) is 3.03. The highest BCUT2D eigenvalue weighted by atomic mass is 15.0. The molecule has 4 fully saturated rings. The van der Waals surface area contributed by atoms with E-state index in [1.807, 2.05) is 6.07 Å². The molecule has 0 radical (unpaired) electrons. The monoisotopic (exact) mass is 284 g/mol. The maximum absolute atomic E-state index is 6.17. The van der Waals surface area contributed by atoms with Gasteiger partial charge in [-0.2, -0.15) is 0 Å². The SMILES string of the molecule is Cc1ccc(N)c(NC(C)C23CC4CC(CC(C4)C2)C3)c1. The zero-order valence-electron chi connectivity index (χ0n) is 13.4. The van der Waals surface area contributed by atoms with Gasteiger partial charge in [-0.05, 0) is 93.2 Å². The Balaban J connectivity index is 1.57. The van der Waals surface area contributed by atoms with Gasteiger partial charge in [0, 0.05) is 6.04 Å². The van der Waals surface area contributed by atoms with Gasteiger partial charge in [0.05, 0.1) is 11.4 Å². The Morgan fingerprint density at radius 2 is 1.67 bits per heavy atom. The van der Waals surface area contributed by atoms with Gasteiger partial charge in [-0.25, -0.2) is 0 Å². The average Bonchev–Trinajstić information content (AvgIpc) is 2.41. The van der Waals surface area contributed by atoms with E-state index in [2.05, 4.69) is 31.3 Å². The zero-order valence-corrected chi connectivity index (χ0v) is 13.4. The lowest BCUT2D eigenvalue weighted by molar-refractivity contribution is -0.0602. The van der Waals surface area contributed by atoms with Crippen LogP contribution in [0.5, 0.6) is 0 Å². The molecule has 4 saturated carbocycles. The number of nitrogens with two attached hydrogens (primary N) is 1. The van der Waals surface area contributed by atoms with Crippen molar-refractivity contribution < 1.29 is 0 Å². The lowest BCUT2D eigenvalue weighted by atomic mass is 9.48. The van der Waals surface area contributed by atoms with Crippen molar-refractivity contribution in [3.05, 3.63) is 23.8 Å². The second kappa shape index (κ2) is 4.66. The second-order valence-corrected chi connectivity index (χ2v) is 8.24. The van der Waals surface area contributed by atoms with E-state index in [0.717, 1.165) is 29.1 Å². The molecule has 0 spiro atoms. The molecule has 114 valence electrons. The molecule has 4 aliphatic carbocycles. The van der Waals surface area contributed by atoms with Crippen LogP contribution in [0.2, 0.25) is 0 Å². The van der Waals surface area contributed by atoms with Gasteiger partial charge in [-0.15, -0.1) is 0 Å². The number of benzene rings is 1. The minimum absolute atomic E-state index is 0.533. The summed E-state index contributed by atoms with van der Waals surface area (Å²) in [5.41, 5.74) is 10.0. The molecule has 4 aliphatic rings. The predicted octanol–water partition coefficient (Wildman–Crippen LogP) is 4.59. The molecule has 1 unspecified atom stereocenters. The highest BCUT2D eigenvalue weighted by Gasteiger charge is 2.53. The minimum atomic E-state index is 0.533. The van der Waals surface area contributed by atoms with E-state index in [1.165, 1.54) is 44.1 Å². The third-order valence-electron chi connectivity index (χ3n) is 6.58. The van der Waals surface area contributed by atoms with Crippen LogP contribution in [0, 0.1) is 30.1 Å². The molecular formula is C19H28N2. The Hall–Kier alpha value is -1.18. The van der Waals surface area contributed by atoms with Crippen LogP contribution >= 0.6 is 0 Å². The van der Waals surface area contributed by atoms with Crippen molar-refractivity contribution in [2.24, 2.45) is 23.2 Å². The number of rotatable bonds is 3. The Bertz CT molecular complexity index is 513. The molecule has 2 heteroatoms. The zero-order chi connectivity index (χ0) is 14.6. The number of nitrogens with one attached hydrogen (secondary N) is 1. The standard InChI is InChI=1S/C19H28N2/c1-12-3-4-17(20)18(5-12)21-13(2)19-9-14-6-15(10-19)8-16(7-14)11-19/h3-5,13-16,21H,6-11,20H2,1-2H3. The van der Waals surface area contributed by atoms with Crippen molar-refractivity contribution >= 4 is 11.4 Å². The summed E-state index contributed by atoms with van der Waals surface area (Å²) in [6.07, 6.45) is 8.87. The maximum atomic E-state index is 6.17. The van der Waals surface area contributed by atoms with Gasteiger partial charge >= 0.3 is 0 Å². The third kappa shape index (κ3) is 2.23. The van der Waals surface area contributed by atoms with E-state index in [4.69, 9.17) is 5.73 Å². The molecule has 5 rings (SSSR count). The first-order valence-corrected chi connectivity index (χ1v) is 8.67. The van der Waals surface area contributed by atoms with Crippen molar-refractivity contribution in [3.8, 4) is 0 Å². The third-order valence-corrected chi connectivity index (χ3v) is 6.58. The number of hydrogen-bond acceptors (Lipinski definition) is 2. The summed E-state index contributed by atoms with van der Waals surface area (Å²) in [6.45, 7) is 4.54. The molecule has 1 aromatic rings. The summed E-state index contributed by atoms with van der Waals surface area (Å²) in [4.78, 5) is 0. The van der Waals surface area contributed by atoms with Crippen LogP contribution < -0.4 is 11.1 Å². The van der Waals surface area contributed by atoms with Crippen molar-refractivity contribution in [1.29, 1.82) is 0 Å². The van der Waals surface area contributed by atoms with Crippen LogP contribution in [0.4, 0.5) is 11.4 Å². The topological polar surface area (TPSA) is 38.0 Å². The summed E-state index contributed by atoms with van der Waals surface area (Å²) < 4.78 is 0. The first-order chi connectivity index (χ1) is 10.0. The fraction of sp³-hybridized carbons (Fsp3) is 0.684. The molecule has 0 heterocycles. The fourth-order valence-corrected chi connectivity index (χ4v) is 5.89. The maximum Gasteiger partial charge on any atom is 0.0578 e. The molecule has 3 N–H and O–H groups in total. The number of aryl methyl sites for hydroxylation is 1. The van der Waals surface area contributed by atoms with Crippen LogP contribution in [0.1, 0.15) is 51.0 Å². The van der Waals surface area contributed by atoms with E-state index in [1.54, 1.807) is 0 Å². The van der Waals surface area contributed by atoms with E-state index < -0.39 is 0 Å². The van der Waals surface area contributed by atoms with Gasteiger partial charge in [0.1, 0.15) is 0 Å². The Morgan fingerprint density at radius 3 is 2.24 bits per heavy atom. The van der Waals surface area contributed by atoms with E-state index >= 15 is 0 Å². The van der Waals surface area contributed by atoms with Crippen LogP contribution in [0.15, 0.2) is 18.2 Å². The smallest absolute Gasteiger partial charge is 0.0578 e. The lowest BCUT2D eigenvalue weighted by Gasteiger charge is -2.59. The average molecular weight is 284 g/mol. The Morgan fingerprint density at radius 1 is 1.10 bits per heavy atom. The quantitative estimate of drug-likeness (QED) is 0.796. The minimum Gasteiger partial charge on any atom is -0.397 e. The van der Waals surface area contributed by atoms with Gasteiger partial charge in [0.15, 0.2) is 0 Å². The van der Waals surface area contributed by atoms with Crippen molar-refractivity contribution in [2.45, 2.75) is 58.4 Å². The van der Waals surface area contributed by atoms with Gasteiger partial charge in [-0.3, -0.25) is 0 Å². The first-order valence-electron chi connectivity index (χ1n) is 8.67. The molecule has 0 amide bonds. The molecule has 0 aliphatic heterocycles. The second-order valence-electron chi connectivity index (χ2n) is 8.24. The van der Waals surface area contributed by atoms with E-state index in [-0.39, 0.29) is 0 Å². The molecule has 21 heavy (non-hydrogen) atoms. The number of hydrogen-bond donors (Lipinski definition) is 2. The Labute approximate surface area is 128 Å². The summed E-state index contributed by atoms with van der Waals surface area (Å²) in [6, 6.07) is 6.86. The van der Waals surface area contributed by atoms with Crippen LogP contribution in [-0.2, 0) is 0 Å². The highest BCUT2D eigenvalue weighted by Crippen LogP contribution is 2.61. The van der Waals surface area contributed by atoms with Gasteiger partial charge in [0.2, 0.25) is 0 Å². The molecule has 4 bridgehead atoms. The van der Waals surface area contributed by atoms with Crippen molar-refractivity contribution in [2.75, 3.05) is 11.1 Å². The summed E-state index contributed by atoms with van der Waals surface area (Å²) >= 11 is 0. The lowest BCUT2D eigenvalue weighted by Crippen LogP contribution is -2.52. The van der Waals surface area contributed by atoms with Crippen LogP contribution in [0.25, 0.3) is 0 Å². The van der Waals surface area contributed by atoms with E-state index in [9.17, 15) is 0 Å². The largest absolute Gasteiger partial charge is 0.397 e. The van der Waals surface area contributed by atoms with Gasteiger partial charge in [-0.1, -0.05) is 6.07 Å².